The summed E-state index contributed by atoms with van der Waals surface area (Å²) in [5.74, 6) is -0.452. The number of nitrogens with one attached hydrogen (secondary N) is 1. The molecule has 0 aromatic heterocycles. The maximum absolute atomic E-state index is 12.4. The lowest BCUT2D eigenvalue weighted by molar-refractivity contribution is -0.153. The van der Waals surface area contributed by atoms with Gasteiger partial charge in [-0.1, -0.05) is 6.92 Å². The van der Waals surface area contributed by atoms with Gasteiger partial charge < -0.3 is 14.8 Å². The van der Waals surface area contributed by atoms with E-state index >= 15 is 0 Å². The van der Waals surface area contributed by atoms with E-state index in [0.717, 1.165) is 12.0 Å². The number of rotatable bonds is 7. The number of nitrogens with zero attached hydrogens (tertiary/aromatic N) is 1. The Hall–Kier alpha value is -1.54. The van der Waals surface area contributed by atoms with Gasteiger partial charge in [0.2, 0.25) is 5.91 Å². The Kier molecular flexibility index (Phi) is 6.06. The van der Waals surface area contributed by atoms with Crippen molar-refractivity contribution >= 4 is 29.5 Å². The number of β-lactam (4-membered cyclic amide) rings is 1. The van der Waals surface area contributed by atoms with Gasteiger partial charge in [-0.25, -0.2) is 4.79 Å². The van der Waals surface area contributed by atoms with Gasteiger partial charge in [0.25, 0.3) is 5.91 Å². The zero-order valence-electron chi connectivity index (χ0n) is 13.6. The second-order valence-corrected chi connectivity index (χ2v) is 6.46. The highest BCUT2D eigenvalue weighted by molar-refractivity contribution is 8.00. The Morgan fingerprint density at radius 2 is 2.13 bits per heavy atom. The monoisotopic (exact) mass is 342 g/mol. The van der Waals surface area contributed by atoms with E-state index in [1.165, 1.54) is 16.7 Å². The first-order valence-electron chi connectivity index (χ1n) is 7.69. The summed E-state index contributed by atoms with van der Waals surface area (Å²) in [6.07, 6.45) is 0.723. The van der Waals surface area contributed by atoms with Crippen LogP contribution in [0, 0.1) is 0 Å². The summed E-state index contributed by atoms with van der Waals surface area (Å²) >= 11 is 1.53. The van der Waals surface area contributed by atoms with Crippen LogP contribution >= 0.6 is 11.8 Å². The number of esters is 1. The summed E-state index contributed by atoms with van der Waals surface area (Å²) < 4.78 is 10.2. The van der Waals surface area contributed by atoms with E-state index in [0.29, 0.717) is 24.7 Å². The first-order chi connectivity index (χ1) is 11.0. The Morgan fingerprint density at radius 3 is 2.78 bits per heavy atom. The molecule has 1 fully saturated rings. The minimum atomic E-state index is -0.616. The van der Waals surface area contributed by atoms with Crippen LogP contribution < -0.4 is 5.32 Å². The second-order valence-electron chi connectivity index (χ2n) is 5.36. The Morgan fingerprint density at radius 1 is 1.39 bits per heavy atom. The van der Waals surface area contributed by atoms with E-state index in [-0.39, 0.29) is 23.8 Å². The smallest absolute Gasteiger partial charge is 0.355 e. The lowest BCUT2D eigenvalue weighted by Gasteiger charge is -2.49. The quantitative estimate of drug-likeness (QED) is 0.540. The van der Waals surface area contributed by atoms with E-state index in [9.17, 15) is 14.4 Å². The molecule has 1 N–H and O–H groups in total. The lowest BCUT2D eigenvalue weighted by atomic mass is 10.0. The average Bonchev–Trinajstić information content (AvgIpc) is 2.55. The van der Waals surface area contributed by atoms with Crippen LogP contribution in [0.15, 0.2) is 11.3 Å². The minimum Gasteiger partial charge on any atom is -0.461 e. The topological polar surface area (TPSA) is 84.9 Å². The molecule has 2 aliphatic heterocycles. The molecule has 0 aliphatic carbocycles. The standard InChI is InChI=1S/C15H22N2O5S/c1-4-6-22-15(20)12-9(3)8-23-14-11(13(19)17(12)14)16-10(18)7-21-5-2/h11,14H,4-8H2,1-3H3,(H,16,18)/t11-,14-/m1/s1. The minimum absolute atomic E-state index is 0.0715. The highest BCUT2D eigenvalue weighted by atomic mass is 32.2. The normalized spacial score (nSPS) is 23.3. The SMILES string of the molecule is CCCOC(=O)C1=C(C)CS[C@@H]2[C@H](NC(=O)COCC)C(=O)N12. The summed E-state index contributed by atoms with van der Waals surface area (Å²) in [6.45, 7) is 6.21. The number of amides is 2. The van der Waals surface area contributed by atoms with Gasteiger partial charge >= 0.3 is 5.97 Å². The Labute approximate surface area is 139 Å². The zero-order chi connectivity index (χ0) is 17.0. The van der Waals surface area contributed by atoms with Gasteiger partial charge in [-0.15, -0.1) is 11.8 Å². The van der Waals surface area contributed by atoms with Crippen LogP contribution in [0.4, 0.5) is 0 Å². The molecule has 0 aromatic rings. The lowest BCUT2D eigenvalue weighted by Crippen LogP contribution is -2.70. The molecule has 2 atom stereocenters. The van der Waals surface area contributed by atoms with Crippen molar-refractivity contribution in [3.63, 3.8) is 0 Å². The van der Waals surface area contributed by atoms with Crippen LogP contribution in [0.25, 0.3) is 0 Å². The van der Waals surface area contributed by atoms with Gasteiger partial charge in [0, 0.05) is 12.4 Å². The van der Waals surface area contributed by atoms with Crippen molar-refractivity contribution in [1.29, 1.82) is 0 Å². The van der Waals surface area contributed by atoms with Crippen LogP contribution in [-0.4, -0.2) is 59.7 Å². The summed E-state index contributed by atoms with van der Waals surface area (Å²) in [6, 6.07) is -0.616. The van der Waals surface area contributed by atoms with Crippen LogP contribution in [-0.2, 0) is 23.9 Å². The first-order valence-corrected chi connectivity index (χ1v) is 8.74. The molecule has 8 heteroatoms. The van der Waals surface area contributed by atoms with Crippen LogP contribution in [0.5, 0.6) is 0 Å². The zero-order valence-corrected chi connectivity index (χ0v) is 14.4. The molecule has 2 heterocycles. The molecule has 0 bridgehead atoms. The van der Waals surface area contributed by atoms with Crippen LogP contribution in [0.3, 0.4) is 0 Å². The van der Waals surface area contributed by atoms with Crippen molar-refractivity contribution in [2.24, 2.45) is 0 Å². The number of fused-ring (bicyclic) bond motifs is 1. The number of carbonyl (C=O) groups excluding carboxylic acids is 3. The van der Waals surface area contributed by atoms with Gasteiger partial charge in [0.05, 0.1) is 6.61 Å². The molecule has 0 aromatic carbocycles. The molecule has 2 amide bonds. The fourth-order valence-electron chi connectivity index (χ4n) is 2.44. The van der Waals surface area contributed by atoms with Gasteiger partial charge in [0.1, 0.15) is 23.7 Å². The molecule has 1 saturated heterocycles. The van der Waals surface area contributed by atoms with E-state index in [1.807, 2.05) is 13.8 Å². The summed E-state index contributed by atoms with van der Waals surface area (Å²) in [5, 5.41) is 2.40. The molecule has 128 valence electrons. The Balaban J connectivity index is 2.03. The predicted molar refractivity (Wildman–Crippen MR) is 85.5 cm³/mol. The third kappa shape index (κ3) is 3.69. The number of hydrogen-bond acceptors (Lipinski definition) is 6. The maximum Gasteiger partial charge on any atom is 0.355 e. The molecule has 0 saturated carbocycles. The molecular weight excluding hydrogens is 320 g/mol. The van der Waals surface area contributed by atoms with Crippen molar-refractivity contribution in [3.05, 3.63) is 11.3 Å². The van der Waals surface area contributed by atoms with Crippen molar-refractivity contribution in [1.82, 2.24) is 10.2 Å². The van der Waals surface area contributed by atoms with Crippen molar-refractivity contribution < 1.29 is 23.9 Å². The summed E-state index contributed by atoms with van der Waals surface area (Å²) in [7, 11) is 0. The molecule has 7 nitrogen and oxygen atoms in total. The fraction of sp³-hybridized carbons (Fsp3) is 0.667. The number of ether oxygens (including phenoxy) is 2. The van der Waals surface area contributed by atoms with Gasteiger partial charge in [0.15, 0.2) is 0 Å². The predicted octanol–water partition coefficient (Wildman–Crippen LogP) is 0.650. The highest BCUT2D eigenvalue weighted by Gasteiger charge is 2.53. The van der Waals surface area contributed by atoms with E-state index in [4.69, 9.17) is 9.47 Å². The van der Waals surface area contributed by atoms with Crippen molar-refractivity contribution in [2.75, 3.05) is 25.6 Å². The van der Waals surface area contributed by atoms with E-state index in [2.05, 4.69) is 5.32 Å². The molecule has 2 rings (SSSR count). The van der Waals surface area contributed by atoms with Crippen molar-refractivity contribution in [2.45, 2.75) is 38.6 Å². The first kappa shape index (κ1) is 17.8. The summed E-state index contributed by atoms with van der Waals surface area (Å²) in [5.41, 5.74) is 1.14. The fourth-order valence-corrected chi connectivity index (χ4v) is 3.73. The average molecular weight is 342 g/mol. The molecule has 0 unspecified atom stereocenters. The van der Waals surface area contributed by atoms with Gasteiger partial charge in [-0.3, -0.25) is 14.5 Å². The molecule has 2 aliphatic rings. The highest BCUT2D eigenvalue weighted by Crippen LogP contribution is 2.40. The molecular formula is C15H22N2O5S. The number of hydrogen-bond donors (Lipinski definition) is 1. The number of carbonyl (C=O) groups is 3. The third-order valence-corrected chi connectivity index (χ3v) is 4.97. The number of thioether (sulfide) groups is 1. The van der Waals surface area contributed by atoms with E-state index in [1.54, 1.807) is 6.92 Å². The Bertz CT molecular complexity index is 534. The third-order valence-electron chi connectivity index (χ3n) is 3.54. The maximum atomic E-state index is 12.4. The largest absolute Gasteiger partial charge is 0.461 e. The molecule has 23 heavy (non-hydrogen) atoms. The molecule has 0 radical (unpaired) electrons. The van der Waals surface area contributed by atoms with Crippen LogP contribution in [0.2, 0.25) is 0 Å². The van der Waals surface area contributed by atoms with Gasteiger partial charge in [-0.2, -0.15) is 0 Å². The van der Waals surface area contributed by atoms with E-state index < -0.39 is 12.0 Å². The second kappa shape index (κ2) is 7.83. The van der Waals surface area contributed by atoms with Gasteiger partial charge in [-0.05, 0) is 25.8 Å². The van der Waals surface area contributed by atoms with Crippen molar-refractivity contribution in [3.8, 4) is 0 Å². The van der Waals surface area contributed by atoms with Crippen LogP contribution in [0.1, 0.15) is 27.2 Å². The molecule has 0 spiro atoms. The summed E-state index contributed by atoms with van der Waals surface area (Å²) in [4.78, 5) is 37.7.